The number of rotatable bonds is 3. The molecule has 142 valence electrons. The monoisotopic (exact) mass is 373 g/mol. The Morgan fingerprint density at radius 2 is 1.41 bits per heavy atom. The molecule has 0 spiro atoms. The SMILES string of the molecule is O=C(c1c(F)cccc1F)N1CCN(c2cc(N3CCCC3)ncn2)CC1. The van der Waals surface area contributed by atoms with Crippen LogP contribution in [-0.4, -0.2) is 60.0 Å². The second kappa shape index (κ2) is 7.46. The summed E-state index contributed by atoms with van der Waals surface area (Å²) in [7, 11) is 0. The Morgan fingerprint density at radius 1 is 0.852 bits per heavy atom. The molecule has 27 heavy (non-hydrogen) atoms. The minimum atomic E-state index is -0.825. The van der Waals surface area contributed by atoms with Gasteiger partial charge in [-0.05, 0) is 25.0 Å². The number of amides is 1. The largest absolute Gasteiger partial charge is 0.356 e. The van der Waals surface area contributed by atoms with E-state index in [0.29, 0.717) is 26.2 Å². The van der Waals surface area contributed by atoms with Gasteiger partial charge in [0.05, 0.1) is 0 Å². The second-order valence-corrected chi connectivity index (χ2v) is 6.80. The van der Waals surface area contributed by atoms with Crippen LogP contribution in [0.25, 0.3) is 0 Å². The molecule has 0 radical (unpaired) electrons. The van der Waals surface area contributed by atoms with Crippen molar-refractivity contribution in [1.29, 1.82) is 0 Å². The lowest BCUT2D eigenvalue weighted by Crippen LogP contribution is -2.49. The molecule has 0 N–H and O–H groups in total. The van der Waals surface area contributed by atoms with Crippen LogP contribution in [0.5, 0.6) is 0 Å². The smallest absolute Gasteiger partial charge is 0.259 e. The number of nitrogens with zero attached hydrogens (tertiary/aromatic N) is 5. The van der Waals surface area contributed by atoms with Gasteiger partial charge in [0.25, 0.3) is 5.91 Å². The second-order valence-electron chi connectivity index (χ2n) is 6.80. The highest BCUT2D eigenvalue weighted by Gasteiger charge is 2.27. The molecule has 0 bridgehead atoms. The number of carbonyl (C=O) groups excluding carboxylic acids is 1. The van der Waals surface area contributed by atoms with Crippen molar-refractivity contribution in [2.24, 2.45) is 0 Å². The third kappa shape index (κ3) is 3.56. The summed E-state index contributed by atoms with van der Waals surface area (Å²) in [5, 5.41) is 0. The van der Waals surface area contributed by atoms with E-state index < -0.39 is 23.1 Å². The lowest BCUT2D eigenvalue weighted by molar-refractivity contribution is 0.0736. The zero-order valence-corrected chi connectivity index (χ0v) is 14.9. The molecule has 0 atom stereocenters. The lowest BCUT2D eigenvalue weighted by Gasteiger charge is -2.35. The van der Waals surface area contributed by atoms with E-state index in [4.69, 9.17) is 0 Å². The van der Waals surface area contributed by atoms with Crippen molar-refractivity contribution >= 4 is 17.5 Å². The van der Waals surface area contributed by atoms with Gasteiger partial charge in [0.2, 0.25) is 0 Å². The molecular formula is C19H21F2N5O. The average molecular weight is 373 g/mol. The maximum Gasteiger partial charge on any atom is 0.259 e. The Morgan fingerprint density at radius 3 is 2.00 bits per heavy atom. The highest BCUT2D eigenvalue weighted by molar-refractivity contribution is 5.95. The fourth-order valence-electron chi connectivity index (χ4n) is 3.63. The van der Waals surface area contributed by atoms with Crippen LogP contribution >= 0.6 is 0 Å². The van der Waals surface area contributed by atoms with E-state index in [0.717, 1.165) is 36.9 Å². The van der Waals surface area contributed by atoms with Gasteiger partial charge in [-0.25, -0.2) is 18.7 Å². The molecule has 2 fully saturated rings. The Balaban J connectivity index is 1.43. The maximum atomic E-state index is 13.9. The number of aromatic nitrogens is 2. The molecule has 2 aromatic rings. The molecule has 1 aromatic heterocycles. The van der Waals surface area contributed by atoms with Crippen LogP contribution < -0.4 is 9.80 Å². The van der Waals surface area contributed by atoms with Gasteiger partial charge in [0.1, 0.15) is 35.2 Å². The number of anilines is 2. The fraction of sp³-hybridized carbons (Fsp3) is 0.421. The summed E-state index contributed by atoms with van der Waals surface area (Å²) in [5.41, 5.74) is -0.482. The van der Waals surface area contributed by atoms with E-state index in [9.17, 15) is 13.6 Å². The normalized spacial score (nSPS) is 17.5. The van der Waals surface area contributed by atoms with Gasteiger partial charge in [-0.2, -0.15) is 0 Å². The molecule has 8 heteroatoms. The Kier molecular flexibility index (Phi) is 4.87. The summed E-state index contributed by atoms with van der Waals surface area (Å²) in [6.07, 6.45) is 3.91. The van der Waals surface area contributed by atoms with E-state index in [1.54, 1.807) is 6.33 Å². The zero-order chi connectivity index (χ0) is 18.8. The molecule has 2 aliphatic heterocycles. The first-order valence-corrected chi connectivity index (χ1v) is 9.19. The van der Waals surface area contributed by atoms with Gasteiger partial charge in [-0.3, -0.25) is 4.79 Å². The highest BCUT2D eigenvalue weighted by Crippen LogP contribution is 2.23. The fourth-order valence-corrected chi connectivity index (χ4v) is 3.63. The summed E-state index contributed by atoms with van der Waals surface area (Å²) in [6, 6.07) is 5.44. The molecule has 4 rings (SSSR count). The van der Waals surface area contributed by atoms with Crippen LogP contribution in [0.15, 0.2) is 30.6 Å². The number of piperazine rings is 1. The first kappa shape index (κ1) is 17.6. The highest BCUT2D eigenvalue weighted by atomic mass is 19.1. The van der Waals surface area contributed by atoms with Crippen LogP contribution in [0.3, 0.4) is 0 Å². The molecule has 0 aliphatic carbocycles. The number of benzene rings is 1. The van der Waals surface area contributed by atoms with Crippen LogP contribution in [-0.2, 0) is 0 Å². The van der Waals surface area contributed by atoms with Gasteiger partial charge < -0.3 is 14.7 Å². The molecular weight excluding hydrogens is 352 g/mol. The van der Waals surface area contributed by atoms with Crippen LogP contribution in [0, 0.1) is 11.6 Å². The summed E-state index contributed by atoms with van der Waals surface area (Å²) in [5.74, 6) is -0.520. The van der Waals surface area contributed by atoms with Gasteiger partial charge in [-0.1, -0.05) is 6.07 Å². The topological polar surface area (TPSA) is 52.6 Å². The average Bonchev–Trinajstić information content (AvgIpc) is 3.23. The van der Waals surface area contributed by atoms with Gasteiger partial charge in [-0.15, -0.1) is 0 Å². The van der Waals surface area contributed by atoms with E-state index in [1.807, 2.05) is 6.07 Å². The molecule has 2 aliphatic rings. The van der Waals surface area contributed by atoms with Gasteiger partial charge >= 0.3 is 0 Å². The summed E-state index contributed by atoms with van der Waals surface area (Å²) in [4.78, 5) is 27.0. The third-order valence-corrected chi connectivity index (χ3v) is 5.14. The summed E-state index contributed by atoms with van der Waals surface area (Å²) in [6.45, 7) is 3.89. The van der Waals surface area contributed by atoms with E-state index in [-0.39, 0.29) is 0 Å². The Hall–Kier alpha value is -2.77. The van der Waals surface area contributed by atoms with Crippen molar-refractivity contribution < 1.29 is 13.6 Å². The molecule has 2 saturated heterocycles. The first-order chi connectivity index (χ1) is 13.1. The van der Waals surface area contributed by atoms with E-state index in [1.165, 1.54) is 23.8 Å². The van der Waals surface area contributed by atoms with E-state index in [2.05, 4.69) is 19.8 Å². The minimum Gasteiger partial charge on any atom is -0.356 e. The van der Waals surface area contributed by atoms with Crippen molar-refractivity contribution in [2.75, 3.05) is 49.1 Å². The number of halogens is 2. The molecule has 0 unspecified atom stereocenters. The molecule has 6 nitrogen and oxygen atoms in total. The van der Waals surface area contributed by atoms with Crippen molar-refractivity contribution in [2.45, 2.75) is 12.8 Å². The molecule has 1 amide bonds. The van der Waals surface area contributed by atoms with Crippen LogP contribution in [0.4, 0.5) is 20.4 Å². The zero-order valence-electron chi connectivity index (χ0n) is 14.9. The van der Waals surface area contributed by atoms with Crippen LogP contribution in [0.2, 0.25) is 0 Å². The van der Waals surface area contributed by atoms with E-state index >= 15 is 0 Å². The van der Waals surface area contributed by atoms with Crippen molar-refractivity contribution in [3.63, 3.8) is 0 Å². The number of hydrogen-bond acceptors (Lipinski definition) is 5. The quantitative estimate of drug-likeness (QED) is 0.827. The minimum absolute atomic E-state index is 0.385. The maximum absolute atomic E-state index is 13.9. The van der Waals surface area contributed by atoms with Gasteiger partial charge in [0, 0.05) is 45.3 Å². The summed E-state index contributed by atoms with van der Waals surface area (Å²) < 4.78 is 27.7. The summed E-state index contributed by atoms with van der Waals surface area (Å²) >= 11 is 0. The number of carbonyl (C=O) groups is 1. The van der Waals surface area contributed by atoms with Crippen LogP contribution in [0.1, 0.15) is 23.2 Å². The molecule has 1 aromatic carbocycles. The number of hydrogen-bond donors (Lipinski definition) is 0. The van der Waals surface area contributed by atoms with Gasteiger partial charge in [0.15, 0.2) is 0 Å². The third-order valence-electron chi connectivity index (χ3n) is 5.14. The predicted octanol–water partition coefficient (Wildman–Crippen LogP) is 2.32. The van der Waals surface area contributed by atoms with Crippen molar-refractivity contribution in [3.8, 4) is 0 Å². The first-order valence-electron chi connectivity index (χ1n) is 9.19. The Labute approximate surface area is 156 Å². The predicted molar refractivity (Wildman–Crippen MR) is 98.0 cm³/mol. The lowest BCUT2D eigenvalue weighted by atomic mass is 10.1. The van der Waals surface area contributed by atoms with Crippen molar-refractivity contribution in [1.82, 2.24) is 14.9 Å². The van der Waals surface area contributed by atoms with Crippen molar-refractivity contribution in [3.05, 3.63) is 47.8 Å². The standard InChI is InChI=1S/C19H21F2N5O/c20-14-4-3-5-15(21)18(14)19(27)26-10-8-25(9-11-26)17-12-16(22-13-23-17)24-6-1-2-7-24/h3-5,12-13H,1-2,6-11H2. The molecule has 3 heterocycles. The Bertz CT molecular complexity index is 812. The molecule has 0 saturated carbocycles.